The maximum atomic E-state index is 12.1. The smallest absolute Gasteiger partial charge is 0.262 e. The lowest BCUT2D eigenvalue weighted by Crippen LogP contribution is -2.21. The van der Waals surface area contributed by atoms with Gasteiger partial charge >= 0.3 is 0 Å². The average molecular weight is 464 g/mol. The van der Waals surface area contributed by atoms with Gasteiger partial charge in [-0.05, 0) is 58.7 Å². The van der Waals surface area contributed by atoms with E-state index in [1.165, 1.54) is 7.11 Å². The van der Waals surface area contributed by atoms with Gasteiger partial charge in [-0.2, -0.15) is 0 Å². The van der Waals surface area contributed by atoms with Gasteiger partial charge in [0.25, 0.3) is 5.91 Å². The molecule has 0 aliphatic heterocycles. The molecule has 0 aliphatic carbocycles. The summed E-state index contributed by atoms with van der Waals surface area (Å²) in [4.78, 5) is 12.1. The van der Waals surface area contributed by atoms with Crippen LogP contribution in [0.25, 0.3) is 0 Å². The Bertz CT molecular complexity index is 714. The number of rotatable bonds is 5. The largest absolute Gasteiger partial charge is 0.495 e. The Morgan fingerprint density at radius 3 is 2.65 bits per heavy atom. The second-order valence-corrected chi connectivity index (χ2v) is 6.92. The summed E-state index contributed by atoms with van der Waals surface area (Å²) >= 11 is 12.8. The molecule has 1 amide bonds. The van der Waals surface area contributed by atoms with Crippen LogP contribution in [0.5, 0.6) is 11.5 Å². The number of carbonyl (C=O) groups is 1. The molecule has 122 valence electrons. The molecule has 23 heavy (non-hydrogen) atoms. The fourth-order valence-corrected chi connectivity index (χ4v) is 3.70. The summed E-state index contributed by atoms with van der Waals surface area (Å²) < 4.78 is 12.5. The first-order valence-corrected chi connectivity index (χ1v) is 8.59. The minimum Gasteiger partial charge on any atom is -0.495 e. The Hall–Kier alpha value is -1.24. The lowest BCUT2D eigenvalue weighted by Gasteiger charge is -2.13. The minimum absolute atomic E-state index is 0.128. The van der Waals surface area contributed by atoms with E-state index in [1.807, 2.05) is 19.1 Å². The Labute approximate surface area is 156 Å². The molecule has 0 unspecified atom stereocenters. The van der Waals surface area contributed by atoms with Crippen LogP contribution in [0.3, 0.4) is 0 Å². The summed E-state index contributed by atoms with van der Waals surface area (Å²) in [7, 11) is 1.53. The van der Waals surface area contributed by atoms with Gasteiger partial charge in [-0.15, -0.1) is 0 Å². The molecule has 4 nitrogen and oxygen atoms in total. The van der Waals surface area contributed by atoms with E-state index < -0.39 is 0 Å². The van der Waals surface area contributed by atoms with Gasteiger partial charge in [0.1, 0.15) is 11.5 Å². The summed E-state index contributed by atoms with van der Waals surface area (Å²) in [6, 6.07) is 8.78. The number of anilines is 1. The van der Waals surface area contributed by atoms with E-state index in [-0.39, 0.29) is 12.5 Å². The van der Waals surface area contributed by atoms with E-state index in [1.54, 1.807) is 18.2 Å². The van der Waals surface area contributed by atoms with Gasteiger partial charge in [-0.3, -0.25) is 4.79 Å². The van der Waals surface area contributed by atoms with Gasteiger partial charge in [-0.1, -0.05) is 27.5 Å². The molecule has 0 aromatic heterocycles. The van der Waals surface area contributed by atoms with Crippen molar-refractivity contribution in [3.63, 3.8) is 0 Å². The molecule has 0 bridgehead atoms. The van der Waals surface area contributed by atoms with Crippen molar-refractivity contribution in [2.45, 2.75) is 6.92 Å². The van der Waals surface area contributed by atoms with Crippen LogP contribution in [-0.2, 0) is 4.79 Å². The fraction of sp³-hybridized carbons (Fsp3) is 0.188. The minimum atomic E-state index is -0.306. The van der Waals surface area contributed by atoms with Gasteiger partial charge < -0.3 is 14.8 Å². The zero-order valence-corrected chi connectivity index (χ0v) is 16.4. The molecule has 0 heterocycles. The Morgan fingerprint density at radius 2 is 2.00 bits per heavy atom. The molecule has 1 N–H and O–H groups in total. The number of ether oxygens (including phenoxy) is 2. The highest BCUT2D eigenvalue weighted by molar-refractivity contribution is 9.11. The number of hydrogen-bond donors (Lipinski definition) is 1. The average Bonchev–Trinajstić information content (AvgIpc) is 2.46. The number of hydrogen-bond acceptors (Lipinski definition) is 3. The molecule has 0 radical (unpaired) electrons. The van der Waals surface area contributed by atoms with Crippen LogP contribution >= 0.6 is 43.5 Å². The van der Waals surface area contributed by atoms with E-state index in [9.17, 15) is 4.79 Å². The quantitative estimate of drug-likeness (QED) is 0.663. The first-order valence-electron chi connectivity index (χ1n) is 6.62. The number of benzene rings is 2. The maximum Gasteiger partial charge on any atom is 0.262 e. The standard InChI is InChI=1S/C16H14Br2ClNO3/c1-9-5-10(17)6-12(18)16(9)23-8-15(21)20-13-7-11(19)3-4-14(13)22-2/h3-7H,8H2,1-2H3,(H,20,21). The Morgan fingerprint density at radius 1 is 1.26 bits per heavy atom. The summed E-state index contributed by atoms with van der Waals surface area (Å²) in [5.41, 5.74) is 1.42. The third-order valence-electron chi connectivity index (χ3n) is 2.98. The fourth-order valence-electron chi connectivity index (χ4n) is 1.97. The second kappa shape index (κ2) is 8.04. The molecular weight excluding hydrogens is 449 g/mol. The zero-order valence-electron chi connectivity index (χ0n) is 12.5. The Balaban J connectivity index is 2.05. The predicted molar refractivity (Wildman–Crippen MR) is 98.7 cm³/mol. The van der Waals surface area contributed by atoms with E-state index in [4.69, 9.17) is 21.1 Å². The van der Waals surface area contributed by atoms with Crippen LogP contribution < -0.4 is 14.8 Å². The van der Waals surface area contributed by atoms with Gasteiger partial charge in [0.15, 0.2) is 6.61 Å². The van der Waals surface area contributed by atoms with Crippen LogP contribution in [0.1, 0.15) is 5.56 Å². The van der Waals surface area contributed by atoms with Crippen molar-refractivity contribution in [1.82, 2.24) is 0 Å². The van der Waals surface area contributed by atoms with Crippen LogP contribution in [0, 0.1) is 6.92 Å². The third kappa shape index (κ3) is 4.86. The molecule has 0 saturated heterocycles. The van der Waals surface area contributed by atoms with Crippen molar-refractivity contribution >= 4 is 55.1 Å². The molecule has 0 saturated carbocycles. The van der Waals surface area contributed by atoms with Gasteiger partial charge in [-0.25, -0.2) is 0 Å². The third-order valence-corrected chi connectivity index (χ3v) is 4.26. The van der Waals surface area contributed by atoms with E-state index in [0.717, 1.165) is 14.5 Å². The Kier molecular flexibility index (Phi) is 6.33. The van der Waals surface area contributed by atoms with Crippen molar-refractivity contribution in [1.29, 1.82) is 0 Å². The zero-order chi connectivity index (χ0) is 17.0. The molecular formula is C16H14Br2ClNO3. The predicted octanol–water partition coefficient (Wildman–Crippen LogP) is 5.20. The van der Waals surface area contributed by atoms with Crippen LogP contribution in [0.15, 0.2) is 39.3 Å². The van der Waals surface area contributed by atoms with Crippen molar-refractivity contribution < 1.29 is 14.3 Å². The highest BCUT2D eigenvalue weighted by Crippen LogP contribution is 2.32. The summed E-state index contributed by atoms with van der Waals surface area (Å²) in [5, 5.41) is 3.23. The molecule has 0 spiro atoms. The molecule has 0 fully saturated rings. The van der Waals surface area contributed by atoms with Crippen molar-refractivity contribution in [2.24, 2.45) is 0 Å². The van der Waals surface area contributed by atoms with E-state index in [2.05, 4.69) is 37.2 Å². The van der Waals surface area contributed by atoms with Gasteiger partial charge in [0, 0.05) is 9.50 Å². The summed E-state index contributed by atoms with van der Waals surface area (Å²) in [6.45, 7) is 1.78. The lowest BCUT2D eigenvalue weighted by molar-refractivity contribution is -0.118. The van der Waals surface area contributed by atoms with Crippen molar-refractivity contribution in [2.75, 3.05) is 19.0 Å². The van der Waals surface area contributed by atoms with Crippen LogP contribution in [0.2, 0.25) is 5.02 Å². The molecule has 2 aromatic carbocycles. The SMILES string of the molecule is COc1ccc(Cl)cc1NC(=O)COc1c(C)cc(Br)cc1Br. The summed E-state index contributed by atoms with van der Waals surface area (Å²) in [6.07, 6.45) is 0. The molecule has 0 atom stereocenters. The molecule has 7 heteroatoms. The topological polar surface area (TPSA) is 47.6 Å². The van der Waals surface area contributed by atoms with Crippen LogP contribution in [-0.4, -0.2) is 19.6 Å². The lowest BCUT2D eigenvalue weighted by atomic mass is 10.2. The van der Waals surface area contributed by atoms with Crippen molar-refractivity contribution in [3.8, 4) is 11.5 Å². The van der Waals surface area contributed by atoms with Gasteiger partial charge in [0.2, 0.25) is 0 Å². The number of nitrogens with one attached hydrogen (secondary N) is 1. The molecule has 2 rings (SSSR count). The first-order chi connectivity index (χ1) is 10.9. The van der Waals surface area contributed by atoms with Crippen molar-refractivity contribution in [3.05, 3.63) is 49.9 Å². The number of amides is 1. The van der Waals surface area contributed by atoms with E-state index in [0.29, 0.717) is 22.2 Å². The summed E-state index contributed by atoms with van der Waals surface area (Å²) in [5.74, 6) is 0.852. The number of halogens is 3. The number of carbonyl (C=O) groups excluding carboxylic acids is 1. The monoisotopic (exact) mass is 461 g/mol. The second-order valence-electron chi connectivity index (χ2n) is 4.72. The molecule has 0 aliphatic rings. The number of aryl methyl sites for hydroxylation is 1. The number of methoxy groups -OCH3 is 1. The highest BCUT2D eigenvalue weighted by Gasteiger charge is 2.12. The first kappa shape index (κ1) is 18.1. The maximum absolute atomic E-state index is 12.1. The molecule has 2 aromatic rings. The van der Waals surface area contributed by atoms with Crippen LogP contribution in [0.4, 0.5) is 5.69 Å². The highest BCUT2D eigenvalue weighted by atomic mass is 79.9. The normalized spacial score (nSPS) is 10.3. The van der Waals surface area contributed by atoms with E-state index >= 15 is 0 Å². The van der Waals surface area contributed by atoms with Gasteiger partial charge in [0.05, 0.1) is 17.3 Å².